The minimum absolute atomic E-state index is 0.278. The second-order valence-corrected chi connectivity index (χ2v) is 3.90. The third-order valence-electron chi connectivity index (χ3n) is 2.54. The van der Waals surface area contributed by atoms with Crippen molar-refractivity contribution < 1.29 is 17.9 Å². The maximum Gasteiger partial charge on any atom is 0.261 e. The van der Waals surface area contributed by atoms with Crippen molar-refractivity contribution >= 4 is 11.0 Å². The van der Waals surface area contributed by atoms with Crippen LogP contribution in [0.15, 0.2) is 34.9 Å². The van der Waals surface area contributed by atoms with E-state index in [1.807, 2.05) is 24.3 Å². The van der Waals surface area contributed by atoms with Gasteiger partial charge < -0.3 is 14.5 Å². The van der Waals surface area contributed by atoms with Crippen LogP contribution in [0, 0.1) is 0 Å². The Labute approximate surface area is 104 Å². The van der Waals surface area contributed by atoms with Gasteiger partial charge in [-0.15, -0.1) is 0 Å². The summed E-state index contributed by atoms with van der Waals surface area (Å²) in [5, 5.41) is 4.19. The highest BCUT2D eigenvalue weighted by atomic mass is 19.3. The third-order valence-corrected chi connectivity index (χ3v) is 2.54. The molecular formula is C13H15F2NO2. The van der Waals surface area contributed by atoms with E-state index < -0.39 is 13.0 Å². The first kappa shape index (κ1) is 13.0. The number of ether oxygens (including phenoxy) is 1. The first-order chi connectivity index (χ1) is 8.77. The molecule has 1 heterocycles. The number of benzene rings is 1. The molecule has 1 N–H and O–H groups in total. The fraction of sp³-hybridized carbons (Fsp3) is 0.385. The highest BCUT2D eigenvalue weighted by Gasteiger charge is 2.04. The third kappa shape index (κ3) is 3.51. The molecule has 0 unspecified atom stereocenters. The van der Waals surface area contributed by atoms with Crippen molar-refractivity contribution in [1.82, 2.24) is 5.32 Å². The molecule has 0 atom stereocenters. The van der Waals surface area contributed by atoms with Crippen LogP contribution in [0.2, 0.25) is 0 Å². The maximum atomic E-state index is 11.8. The molecule has 0 aliphatic rings. The molecule has 0 saturated heterocycles. The van der Waals surface area contributed by atoms with E-state index in [1.165, 1.54) is 0 Å². The van der Waals surface area contributed by atoms with Gasteiger partial charge in [0.2, 0.25) is 0 Å². The Hall–Kier alpha value is -1.46. The van der Waals surface area contributed by atoms with Crippen LogP contribution in [0.4, 0.5) is 8.78 Å². The highest BCUT2D eigenvalue weighted by molar-refractivity contribution is 5.80. The van der Waals surface area contributed by atoms with E-state index >= 15 is 0 Å². The van der Waals surface area contributed by atoms with Crippen molar-refractivity contribution in [2.45, 2.75) is 13.0 Å². The van der Waals surface area contributed by atoms with Crippen LogP contribution < -0.4 is 5.32 Å². The molecule has 2 aromatic rings. The van der Waals surface area contributed by atoms with E-state index in [2.05, 4.69) is 5.32 Å². The Morgan fingerprint density at radius 1 is 1.28 bits per heavy atom. The van der Waals surface area contributed by atoms with Crippen molar-refractivity contribution in [2.24, 2.45) is 0 Å². The Bertz CT molecular complexity index is 485. The number of rotatable bonds is 7. The minimum Gasteiger partial charge on any atom is -0.464 e. The smallest absolute Gasteiger partial charge is 0.261 e. The zero-order valence-corrected chi connectivity index (χ0v) is 9.86. The number of hydrogen-bond donors (Lipinski definition) is 1. The molecule has 0 spiro atoms. The van der Waals surface area contributed by atoms with Crippen molar-refractivity contribution in [3.63, 3.8) is 0 Å². The molecule has 5 heteroatoms. The Kier molecular flexibility index (Phi) is 4.66. The van der Waals surface area contributed by atoms with Gasteiger partial charge in [0.1, 0.15) is 12.2 Å². The molecule has 0 amide bonds. The van der Waals surface area contributed by atoms with Gasteiger partial charge in [0, 0.05) is 24.0 Å². The van der Waals surface area contributed by atoms with Crippen LogP contribution in [-0.2, 0) is 11.3 Å². The number of hydrogen-bond acceptors (Lipinski definition) is 3. The van der Waals surface area contributed by atoms with E-state index in [9.17, 15) is 8.78 Å². The summed E-state index contributed by atoms with van der Waals surface area (Å²) in [5.41, 5.74) is 1.91. The summed E-state index contributed by atoms with van der Waals surface area (Å²) in [5.74, 6) is 0. The molecule has 3 nitrogen and oxygen atoms in total. The summed E-state index contributed by atoms with van der Waals surface area (Å²) in [6.45, 7) is 0.942. The van der Waals surface area contributed by atoms with Gasteiger partial charge in [0.25, 0.3) is 6.43 Å². The molecule has 0 fully saturated rings. The highest BCUT2D eigenvalue weighted by Crippen LogP contribution is 2.20. The average molecular weight is 255 g/mol. The number of para-hydroxylation sites is 1. The lowest BCUT2D eigenvalue weighted by atomic mass is 10.2. The van der Waals surface area contributed by atoms with Gasteiger partial charge in [-0.1, -0.05) is 18.2 Å². The van der Waals surface area contributed by atoms with Gasteiger partial charge in [-0.3, -0.25) is 0 Å². The van der Waals surface area contributed by atoms with E-state index in [1.54, 1.807) is 6.26 Å². The fourth-order valence-electron chi connectivity index (χ4n) is 1.71. The van der Waals surface area contributed by atoms with Gasteiger partial charge in [-0.2, -0.15) is 0 Å². The average Bonchev–Trinajstić information content (AvgIpc) is 2.77. The van der Waals surface area contributed by atoms with Crippen LogP contribution in [0.1, 0.15) is 5.56 Å². The topological polar surface area (TPSA) is 34.4 Å². The summed E-state index contributed by atoms with van der Waals surface area (Å²) in [4.78, 5) is 0. The number of alkyl halides is 2. The minimum atomic E-state index is -2.40. The standard InChI is InChI=1S/C13H15F2NO2/c14-13(15)9-17-6-5-16-7-10-8-18-12-4-2-1-3-11(10)12/h1-4,8,13,16H,5-7,9H2. The molecular weight excluding hydrogens is 240 g/mol. The van der Waals surface area contributed by atoms with Crippen LogP contribution in [0.25, 0.3) is 11.0 Å². The normalized spacial score (nSPS) is 11.5. The first-order valence-corrected chi connectivity index (χ1v) is 5.79. The number of nitrogens with one attached hydrogen (secondary N) is 1. The van der Waals surface area contributed by atoms with E-state index in [0.29, 0.717) is 13.1 Å². The molecule has 0 radical (unpaired) electrons. The molecule has 0 bridgehead atoms. The number of halogens is 2. The first-order valence-electron chi connectivity index (χ1n) is 5.79. The van der Waals surface area contributed by atoms with Gasteiger partial charge in [0.05, 0.1) is 12.9 Å². The molecule has 18 heavy (non-hydrogen) atoms. The van der Waals surface area contributed by atoms with Gasteiger partial charge >= 0.3 is 0 Å². The lowest BCUT2D eigenvalue weighted by molar-refractivity contribution is 0.0187. The molecule has 1 aromatic carbocycles. The van der Waals surface area contributed by atoms with Gasteiger partial charge in [0.15, 0.2) is 0 Å². The SMILES string of the molecule is FC(F)COCCNCc1coc2ccccc12. The lowest BCUT2D eigenvalue weighted by Gasteiger charge is -2.04. The molecule has 0 saturated carbocycles. The molecule has 0 aliphatic carbocycles. The van der Waals surface area contributed by atoms with Crippen molar-refractivity contribution in [3.05, 3.63) is 36.1 Å². The Morgan fingerprint density at radius 2 is 2.11 bits per heavy atom. The monoisotopic (exact) mass is 255 g/mol. The fourth-order valence-corrected chi connectivity index (χ4v) is 1.71. The van der Waals surface area contributed by atoms with Gasteiger partial charge in [-0.05, 0) is 6.07 Å². The molecule has 2 rings (SSSR count). The van der Waals surface area contributed by atoms with Crippen molar-refractivity contribution in [1.29, 1.82) is 0 Å². The molecule has 98 valence electrons. The predicted octanol–water partition coefficient (Wildman–Crippen LogP) is 2.80. The maximum absolute atomic E-state index is 11.8. The molecule has 1 aromatic heterocycles. The quantitative estimate of drug-likeness (QED) is 0.772. The van der Waals surface area contributed by atoms with Gasteiger partial charge in [-0.25, -0.2) is 8.78 Å². The lowest BCUT2D eigenvalue weighted by Crippen LogP contribution is -2.20. The zero-order chi connectivity index (χ0) is 12.8. The van der Waals surface area contributed by atoms with Crippen molar-refractivity contribution in [2.75, 3.05) is 19.8 Å². The predicted molar refractivity (Wildman–Crippen MR) is 64.7 cm³/mol. The summed E-state index contributed by atoms with van der Waals surface area (Å²) in [6, 6.07) is 7.77. The second kappa shape index (κ2) is 6.47. The largest absolute Gasteiger partial charge is 0.464 e. The molecule has 0 aliphatic heterocycles. The Morgan fingerprint density at radius 3 is 2.94 bits per heavy atom. The zero-order valence-electron chi connectivity index (χ0n) is 9.86. The van der Waals surface area contributed by atoms with Crippen LogP contribution >= 0.6 is 0 Å². The number of fused-ring (bicyclic) bond motifs is 1. The van der Waals surface area contributed by atoms with Crippen molar-refractivity contribution in [3.8, 4) is 0 Å². The van der Waals surface area contributed by atoms with E-state index in [0.717, 1.165) is 16.5 Å². The summed E-state index contributed by atoms with van der Waals surface area (Å²) in [7, 11) is 0. The van der Waals surface area contributed by atoms with E-state index in [4.69, 9.17) is 9.15 Å². The summed E-state index contributed by atoms with van der Waals surface area (Å²) < 4.78 is 33.7. The Balaban J connectivity index is 1.74. The van der Waals surface area contributed by atoms with Crippen LogP contribution in [-0.4, -0.2) is 26.2 Å². The van der Waals surface area contributed by atoms with Crippen LogP contribution in [0.3, 0.4) is 0 Å². The summed E-state index contributed by atoms with van der Waals surface area (Å²) >= 11 is 0. The van der Waals surface area contributed by atoms with E-state index in [-0.39, 0.29) is 6.61 Å². The summed E-state index contributed by atoms with van der Waals surface area (Å²) in [6.07, 6.45) is -0.694. The van der Waals surface area contributed by atoms with Crippen LogP contribution in [0.5, 0.6) is 0 Å². The number of furan rings is 1. The second-order valence-electron chi connectivity index (χ2n) is 3.90.